The lowest BCUT2D eigenvalue weighted by atomic mass is 9.93. The molecule has 0 fully saturated rings. The Morgan fingerprint density at radius 3 is 2.05 bits per heavy atom. The zero-order valence-electron chi connectivity index (χ0n) is 11.6. The minimum atomic E-state index is -5.86. The van der Waals surface area contributed by atoms with Crippen molar-refractivity contribution in [1.82, 2.24) is 0 Å². The van der Waals surface area contributed by atoms with Gasteiger partial charge in [0.25, 0.3) is 12.1 Å². The summed E-state index contributed by atoms with van der Waals surface area (Å²) in [7, 11) is 3.00. The van der Waals surface area contributed by atoms with Gasteiger partial charge in [-0.25, -0.2) is 17.6 Å². The highest BCUT2D eigenvalue weighted by Crippen LogP contribution is 2.44. The number of anilines is 1. The molecule has 0 saturated heterocycles. The minimum absolute atomic E-state index is 0.0761. The van der Waals surface area contributed by atoms with Gasteiger partial charge in [0.15, 0.2) is 0 Å². The molecule has 2 unspecified atom stereocenters. The largest absolute Gasteiger partial charge is 0.428 e. The number of halogens is 7. The Morgan fingerprint density at radius 1 is 1.14 bits per heavy atom. The molecule has 2 nitrogen and oxygen atoms in total. The molecular formula is C13H14F7NO. The third-order valence-corrected chi connectivity index (χ3v) is 3.15. The van der Waals surface area contributed by atoms with Crippen molar-refractivity contribution in [3.63, 3.8) is 0 Å². The molecule has 126 valence electrons. The predicted molar refractivity (Wildman–Crippen MR) is 66.2 cm³/mol. The lowest BCUT2D eigenvalue weighted by Gasteiger charge is -2.29. The molecule has 1 aromatic rings. The first-order valence-corrected chi connectivity index (χ1v) is 6.08. The van der Waals surface area contributed by atoms with Gasteiger partial charge >= 0.3 is 6.18 Å². The fourth-order valence-electron chi connectivity index (χ4n) is 1.82. The SMILES string of the molecule is CN(C)c1ccc(C(O)CC(F)(C(F)F)C(F)(F)F)cc1F. The molecule has 1 rings (SSSR count). The molecule has 0 aliphatic rings. The van der Waals surface area contributed by atoms with Crippen LogP contribution in [0.4, 0.5) is 36.4 Å². The quantitative estimate of drug-likeness (QED) is 0.828. The van der Waals surface area contributed by atoms with Crippen molar-refractivity contribution in [2.45, 2.75) is 30.8 Å². The molecule has 0 aromatic heterocycles. The molecule has 0 amide bonds. The summed E-state index contributed by atoms with van der Waals surface area (Å²) >= 11 is 0. The molecule has 0 bridgehead atoms. The summed E-state index contributed by atoms with van der Waals surface area (Å²) in [6.45, 7) is 0. The maximum Gasteiger partial charge on any atom is 0.428 e. The van der Waals surface area contributed by atoms with Crippen molar-refractivity contribution in [2.24, 2.45) is 0 Å². The third-order valence-electron chi connectivity index (χ3n) is 3.15. The minimum Gasteiger partial charge on any atom is -0.388 e. The molecule has 0 heterocycles. The van der Waals surface area contributed by atoms with Crippen molar-refractivity contribution in [3.8, 4) is 0 Å². The van der Waals surface area contributed by atoms with Gasteiger partial charge in [0.1, 0.15) is 5.82 Å². The van der Waals surface area contributed by atoms with Crippen LogP contribution in [-0.4, -0.2) is 37.5 Å². The van der Waals surface area contributed by atoms with Gasteiger partial charge in [-0.15, -0.1) is 0 Å². The van der Waals surface area contributed by atoms with Gasteiger partial charge in [-0.2, -0.15) is 13.2 Å². The first-order chi connectivity index (χ1) is 9.90. The van der Waals surface area contributed by atoms with E-state index in [0.29, 0.717) is 6.07 Å². The lowest BCUT2D eigenvalue weighted by Crippen LogP contribution is -2.48. The summed E-state index contributed by atoms with van der Waals surface area (Å²) in [4.78, 5) is 1.36. The normalized spacial score (nSPS) is 16.5. The van der Waals surface area contributed by atoms with Crippen LogP contribution in [0.25, 0.3) is 0 Å². The molecule has 0 spiro atoms. The number of hydrogen-bond acceptors (Lipinski definition) is 2. The zero-order chi connectivity index (χ0) is 17.3. The molecule has 22 heavy (non-hydrogen) atoms. The van der Waals surface area contributed by atoms with E-state index in [-0.39, 0.29) is 5.69 Å². The molecule has 1 N–H and O–H groups in total. The molecule has 0 aliphatic carbocycles. The van der Waals surface area contributed by atoms with E-state index >= 15 is 0 Å². The summed E-state index contributed by atoms with van der Waals surface area (Å²) in [6, 6.07) is 2.87. The van der Waals surface area contributed by atoms with Crippen molar-refractivity contribution < 1.29 is 35.8 Å². The molecular weight excluding hydrogens is 319 g/mol. The number of rotatable bonds is 5. The predicted octanol–water partition coefficient (Wildman–Crippen LogP) is 3.85. The van der Waals surface area contributed by atoms with E-state index in [4.69, 9.17) is 0 Å². The van der Waals surface area contributed by atoms with Gasteiger partial charge in [-0.05, 0) is 17.7 Å². The number of benzene rings is 1. The standard InChI is InChI=1S/C13H14F7NO/c1-21(2)9-4-3-7(5-8(9)14)10(22)6-12(17,11(15)16)13(18,19)20/h3-5,10-11,22H,6H2,1-2H3. The van der Waals surface area contributed by atoms with Crippen LogP contribution in [0.3, 0.4) is 0 Å². The van der Waals surface area contributed by atoms with Crippen LogP contribution in [0.1, 0.15) is 18.1 Å². The van der Waals surface area contributed by atoms with Crippen molar-refractivity contribution in [2.75, 3.05) is 19.0 Å². The van der Waals surface area contributed by atoms with E-state index in [1.54, 1.807) is 0 Å². The summed E-state index contributed by atoms with van der Waals surface area (Å²) in [5.74, 6) is -0.880. The monoisotopic (exact) mass is 333 g/mol. The van der Waals surface area contributed by atoms with Crippen LogP contribution in [0.15, 0.2) is 18.2 Å². The topological polar surface area (TPSA) is 23.5 Å². The van der Waals surface area contributed by atoms with Crippen LogP contribution >= 0.6 is 0 Å². The Morgan fingerprint density at radius 2 is 1.68 bits per heavy atom. The first kappa shape index (κ1) is 18.5. The fraction of sp³-hybridized carbons (Fsp3) is 0.538. The number of hydrogen-bond donors (Lipinski definition) is 1. The fourth-order valence-corrected chi connectivity index (χ4v) is 1.82. The highest BCUT2D eigenvalue weighted by molar-refractivity contribution is 5.48. The summed E-state index contributed by atoms with van der Waals surface area (Å²) < 4.78 is 89.3. The van der Waals surface area contributed by atoms with Gasteiger partial charge in [-0.3, -0.25) is 0 Å². The Balaban J connectivity index is 3.06. The maximum atomic E-state index is 13.7. The van der Waals surface area contributed by atoms with Gasteiger partial charge < -0.3 is 10.0 Å². The number of nitrogens with zero attached hydrogens (tertiary/aromatic N) is 1. The average Bonchev–Trinajstić information content (AvgIpc) is 2.36. The van der Waals surface area contributed by atoms with E-state index in [0.717, 1.165) is 12.1 Å². The molecule has 0 saturated carbocycles. The van der Waals surface area contributed by atoms with Crippen LogP contribution in [-0.2, 0) is 0 Å². The van der Waals surface area contributed by atoms with E-state index in [9.17, 15) is 35.8 Å². The third kappa shape index (κ3) is 3.63. The number of aliphatic hydroxyl groups excluding tert-OH is 1. The second-order valence-electron chi connectivity index (χ2n) is 4.99. The van der Waals surface area contributed by atoms with Crippen LogP contribution in [0.2, 0.25) is 0 Å². The summed E-state index contributed by atoms with van der Waals surface area (Å²) in [5, 5.41) is 9.57. The molecule has 9 heteroatoms. The van der Waals surface area contributed by atoms with Gasteiger partial charge in [0.2, 0.25) is 0 Å². The van der Waals surface area contributed by atoms with Crippen molar-refractivity contribution >= 4 is 5.69 Å². The van der Waals surface area contributed by atoms with E-state index < -0.39 is 42.2 Å². The lowest BCUT2D eigenvalue weighted by molar-refractivity contribution is -0.276. The van der Waals surface area contributed by atoms with Gasteiger partial charge in [0, 0.05) is 20.5 Å². The highest BCUT2D eigenvalue weighted by atomic mass is 19.4. The Hall–Kier alpha value is -1.51. The first-order valence-electron chi connectivity index (χ1n) is 6.08. The summed E-state index contributed by atoms with van der Waals surface area (Å²) in [5.41, 5.74) is -5.22. The van der Waals surface area contributed by atoms with Crippen LogP contribution in [0.5, 0.6) is 0 Å². The van der Waals surface area contributed by atoms with Gasteiger partial charge in [0.05, 0.1) is 11.8 Å². The zero-order valence-corrected chi connectivity index (χ0v) is 11.6. The maximum absolute atomic E-state index is 13.7. The average molecular weight is 333 g/mol. The van der Waals surface area contributed by atoms with Crippen molar-refractivity contribution in [3.05, 3.63) is 29.6 Å². The van der Waals surface area contributed by atoms with Gasteiger partial charge in [-0.1, -0.05) is 6.07 Å². The smallest absolute Gasteiger partial charge is 0.388 e. The van der Waals surface area contributed by atoms with E-state index in [1.165, 1.54) is 19.0 Å². The second-order valence-corrected chi connectivity index (χ2v) is 4.99. The van der Waals surface area contributed by atoms with Crippen LogP contribution < -0.4 is 4.90 Å². The van der Waals surface area contributed by atoms with E-state index in [1.807, 2.05) is 0 Å². The molecule has 0 radical (unpaired) electrons. The van der Waals surface area contributed by atoms with E-state index in [2.05, 4.69) is 0 Å². The van der Waals surface area contributed by atoms with Crippen molar-refractivity contribution in [1.29, 1.82) is 0 Å². The number of aliphatic hydroxyl groups is 1. The Bertz CT molecular complexity index is 518. The Labute approximate surface area is 122 Å². The summed E-state index contributed by atoms with van der Waals surface area (Å²) in [6.07, 6.45) is -14.4. The highest BCUT2D eigenvalue weighted by Gasteiger charge is 2.63. The Kier molecular flexibility index (Phi) is 5.32. The molecule has 0 aliphatic heterocycles. The second kappa shape index (κ2) is 6.31. The number of alkyl halides is 6. The van der Waals surface area contributed by atoms with Crippen LogP contribution in [0, 0.1) is 5.82 Å². The molecule has 2 atom stereocenters. The molecule has 1 aromatic carbocycles.